The van der Waals surface area contributed by atoms with Crippen LogP contribution in [0.3, 0.4) is 0 Å². The fourth-order valence-corrected chi connectivity index (χ4v) is 0.823. The van der Waals surface area contributed by atoms with Gasteiger partial charge in [-0.15, -0.1) is 0 Å². The first kappa shape index (κ1) is 14.0. The fraction of sp³-hybridized carbons (Fsp3) is 0.714. The topological polar surface area (TPSA) is 96.3 Å². The smallest absolute Gasteiger partial charge is 0.354 e. The molecule has 0 spiro atoms. The van der Waals surface area contributed by atoms with E-state index in [0.29, 0.717) is 6.54 Å². The van der Waals surface area contributed by atoms with Crippen molar-refractivity contribution in [1.82, 2.24) is 4.90 Å². The molecule has 0 atom stereocenters. The van der Waals surface area contributed by atoms with Gasteiger partial charge < -0.3 is 4.90 Å². The predicted molar refractivity (Wildman–Crippen MR) is 54.2 cm³/mol. The summed E-state index contributed by atoms with van der Waals surface area (Å²) in [5.74, 6) is 0.198. The first-order valence-electron chi connectivity index (χ1n) is 4.11. The Kier molecular flexibility index (Phi) is 6.06. The summed E-state index contributed by atoms with van der Waals surface area (Å²) in [5, 5.41) is 0. The van der Waals surface area contributed by atoms with E-state index in [2.05, 4.69) is 9.18 Å². The number of aliphatic imine (C=N–C) groups is 1. The summed E-state index contributed by atoms with van der Waals surface area (Å²) in [4.78, 5) is 16.4. The van der Waals surface area contributed by atoms with Crippen LogP contribution in [-0.2, 0) is 19.4 Å². The lowest BCUT2D eigenvalue weighted by atomic mass is 10.4. The molecule has 1 heterocycles. The number of nitrogens with zero attached hydrogens (tertiary/aromatic N) is 2. The van der Waals surface area contributed by atoms with E-state index in [1.807, 2.05) is 4.90 Å². The van der Waals surface area contributed by atoms with Gasteiger partial charge in [-0.25, -0.2) is 0 Å². The summed E-state index contributed by atoms with van der Waals surface area (Å²) < 4.78 is 29.7. The van der Waals surface area contributed by atoms with Crippen molar-refractivity contribution in [3.8, 4) is 0 Å². The van der Waals surface area contributed by atoms with E-state index in [9.17, 15) is 13.2 Å². The van der Waals surface area contributed by atoms with Crippen LogP contribution in [0.4, 0.5) is 0 Å². The van der Waals surface area contributed by atoms with Crippen LogP contribution in [0.5, 0.6) is 0 Å². The number of hydrogen-bond donors (Lipinski definition) is 1. The van der Waals surface area contributed by atoms with Crippen LogP contribution in [-0.4, -0.2) is 56.7 Å². The Morgan fingerprint density at radius 1 is 1.67 bits per heavy atom. The van der Waals surface area contributed by atoms with E-state index in [0.717, 1.165) is 20.2 Å². The molecule has 0 aromatic rings. The van der Waals surface area contributed by atoms with Crippen molar-refractivity contribution in [2.45, 2.75) is 6.92 Å². The molecule has 88 valence electrons. The molecule has 15 heavy (non-hydrogen) atoms. The number of carbonyl (C=O) groups excluding carboxylic acids is 1. The number of Topliss-reactive ketones (excluding diaryl/α,β-unsaturated/α-hetero) is 1. The molecule has 0 bridgehead atoms. The number of carbonyl (C=O) groups is 1. The van der Waals surface area contributed by atoms with E-state index in [-0.39, 0.29) is 5.78 Å². The molecule has 7 nitrogen and oxygen atoms in total. The van der Waals surface area contributed by atoms with Gasteiger partial charge >= 0.3 is 10.4 Å². The van der Waals surface area contributed by atoms with Crippen LogP contribution in [0, 0.1) is 0 Å². The van der Waals surface area contributed by atoms with Gasteiger partial charge in [0.15, 0.2) is 0 Å². The van der Waals surface area contributed by atoms with Gasteiger partial charge in [-0.3, -0.25) is 18.5 Å². The largest absolute Gasteiger partial charge is 0.397 e. The Labute approximate surface area is 88.7 Å². The Balaban J connectivity index is 0.000000288. The first-order chi connectivity index (χ1) is 6.85. The highest BCUT2D eigenvalue weighted by Gasteiger charge is 2.05. The minimum atomic E-state index is -4.16. The zero-order chi connectivity index (χ0) is 11.9. The molecule has 0 saturated carbocycles. The summed E-state index contributed by atoms with van der Waals surface area (Å²) in [7, 11) is -3.29. The van der Waals surface area contributed by atoms with Crippen molar-refractivity contribution >= 4 is 22.5 Å². The van der Waals surface area contributed by atoms with Gasteiger partial charge in [0.25, 0.3) is 0 Å². The second kappa shape index (κ2) is 6.49. The van der Waals surface area contributed by atoms with Crippen molar-refractivity contribution in [2.75, 3.05) is 26.7 Å². The average Bonchev–Trinajstić information content (AvgIpc) is 2.55. The van der Waals surface area contributed by atoms with E-state index in [4.69, 9.17) is 4.55 Å². The van der Waals surface area contributed by atoms with Crippen molar-refractivity contribution < 1.29 is 21.9 Å². The maximum Gasteiger partial charge on any atom is 0.397 e. The zero-order valence-corrected chi connectivity index (χ0v) is 9.40. The molecular formula is C7H14N2O5S. The summed E-state index contributed by atoms with van der Waals surface area (Å²) >= 11 is 0. The van der Waals surface area contributed by atoms with E-state index in [1.54, 1.807) is 13.3 Å². The molecule has 8 heteroatoms. The molecule has 0 aromatic heterocycles. The molecule has 1 rings (SSSR count). The average molecular weight is 238 g/mol. The maximum atomic E-state index is 10.5. The van der Waals surface area contributed by atoms with Gasteiger partial charge in [0.2, 0.25) is 0 Å². The van der Waals surface area contributed by atoms with Crippen LogP contribution in [0.2, 0.25) is 0 Å². The number of hydrogen-bond acceptors (Lipinski definition) is 6. The third-order valence-corrected chi connectivity index (χ3v) is 1.82. The van der Waals surface area contributed by atoms with Gasteiger partial charge in [-0.05, 0) is 6.92 Å². The van der Waals surface area contributed by atoms with Gasteiger partial charge in [0.05, 0.1) is 26.5 Å². The second-order valence-corrected chi connectivity index (χ2v) is 3.98. The van der Waals surface area contributed by atoms with Crippen molar-refractivity contribution in [2.24, 2.45) is 4.99 Å². The van der Waals surface area contributed by atoms with Crippen LogP contribution in [0.25, 0.3) is 0 Å². The Morgan fingerprint density at radius 2 is 2.20 bits per heavy atom. The molecule has 0 amide bonds. The Hall–Kier alpha value is -0.990. The molecule has 0 radical (unpaired) electrons. The normalized spacial score (nSPS) is 14.7. The zero-order valence-electron chi connectivity index (χ0n) is 8.58. The minimum absolute atomic E-state index is 0.198. The van der Waals surface area contributed by atoms with E-state index >= 15 is 0 Å². The highest BCUT2D eigenvalue weighted by atomic mass is 32.3. The second-order valence-electron chi connectivity index (χ2n) is 2.79. The molecule has 1 aliphatic rings. The third-order valence-electron chi connectivity index (χ3n) is 1.40. The third kappa shape index (κ3) is 9.32. The molecule has 1 aliphatic heterocycles. The Morgan fingerprint density at radius 3 is 2.47 bits per heavy atom. The van der Waals surface area contributed by atoms with Crippen LogP contribution in [0.15, 0.2) is 4.99 Å². The van der Waals surface area contributed by atoms with Gasteiger partial charge in [0, 0.05) is 6.54 Å². The standard InChI is InChI=1S/C6H10N2O.CH4O4S/c1-6(9)4-8-3-2-7-5-8;1-5-6(2,3)4/h5H,2-4H2,1H3;1H3,(H,2,3,4). The van der Waals surface area contributed by atoms with Crippen molar-refractivity contribution in [3.63, 3.8) is 0 Å². The number of ketones is 1. The SMILES string of the molecule is CC(=O)CN1C=NCC1.COS(=O)(=O)O. The van der Waals surface area contributed by atoms with Crippen LogP contribution in [0.1, 0.15) is 6.92 Å². The summed E-state index contributed by atoms with van der Waals surface area (Å²) in [6.07, 6.45) is 1.74. The summed E-state index contributed by atoms with van der Waals surface area (Å²) in [6.45, 7) is 3.85. The Bertz CT molecular complexity index is 324. The molecule has 0 aliphatic carbocycles. The highest BCUT2D eigenvalue weighted by molar-refractivity contribution is 7.80. The lowest BCUT2D eigenvalue weighted by molar-refractivity contribution is -0.117. The van der Waals surface area contributed by atoms with Crippen molar-refractivity contribution in [1.29, 1.82) is 0 Å². The molecule has 0 fully saturated rings. The van der Waals surface area contributed by atoms with E-state index in [1.165, 1.54) is 0 Å². The molecule has 0 unspecified atom stereocenters. The van der Waals surface area contributed by atoms with Gasteiger partial charge in [0.1, 0.15) is 5.78 Å². The lowest BCUT2D eigenvalue weighted by Gasteiger charge is -2.09. The molecule has 0 aromatic carbocycles. The van der Waals surface area contributed by atoms with Gasteiger partial charge in [-0.2, -0.15) is 8.42 Å². The summed E-state index contributed by atoms with van der Waals surface area (Å²) in [5.41, 5.74) is 0. The highest BCUT2D eigenvalue weighted by Crippen LogP contribution is 1.91. The van der Waals surface area contributed by atoms with E-state index < -0.39 is 10.4 Å². The lowest BCUT2D eigenvalue weighted by Crippen LogP contribution is -2.25. The fourth-order valence-electron chi connectivity index (χ4n) is 0.823. The first-order valence-corrected chi connectivity index (χ1v) is 5.48. The quantitative estimate of drug-likeness (QED) is 0.657. The van der Waals surface area contributed by atoms with Crippen LogP contribution < -0.4 is 0 Å². The molecule has 1 N–H and O–H groups in total. The summed E-state index contributed by atoms with van der Waals surface area (Å²) in [6, 6.07) is 0. The monoisotopic (exact) mass is 238 g/mol. The predicted octanol–water partition coefficient (Wildman–Crippen LogP) is -0.645. The molecular weight excluding hydrogens is 224 g/mol. The van der Waals surface area contributed by atoms with Gasteiger partial charge in [-0.1, -0.05) is 0 Å². The number of rotatable bonds is 3. The molecule has 0 saturated heterocycles. The van der Waals surface area contributed by atoms with Crippen molar-refractivity contribution in [3.05, 3.63) is 0 Å². The maximum absolute atomic E-state index is 10.5. The van der Waals surface area contributed by atoms with Crippen LogP contribution >= 0.6 is 0 Å². The minimum Gasteiger partial charge on any atom is -0.354 e.